The second-order valence-corrected chi connectivity index (χ2v) is 7.40. The van der Waals surface area contributed by atoms with Gasteiger partial charge in [0.25, 0.3) is 0 Å². The fourth-order valence-corrected chi connectivity index (χ4v) is 4.89. The van der Waals surface area contributed by atoms with E-state index in [0.717, 1.165) is 38.6 Å². The standard InChI is InChI=1S/C13H27NO2S/c1-3-5-6-9-12(14-4-2)13-10-7-8-11-17(13,15)16/h12-14H,3-11H2,1-2H3. The quantitative estimate of drug-likeness (QED) is 0.716. The first kappa shape index (κ1) is 15.0. The Morgan fingerprint density at radius 2 is 2.00 bits per heavy atom. The van der Waals surface area contributed by atoms with Crippen LogP contribution in [0.4, 0.5) is 0 Å². The first-order valence-corrected chi connectivity index (χ1v) is 8.78. The summed E-state index contributed by atoms with van der Waals surface area (Å²) in [7, 11) is -2.84. The summed E-state index contributed by atoms with van der Waals surface area (Å²) >= 11 is 0. The first-order valence-electron chi connectivity index (χ1n) is 7.06. The molecule has 4 heteroatoms. The predicted octanol–water partition coefficient (Wildman–Crippen LogP) is 2.51. The smallest absolute Gasteiger partial charge is 0.154 e. The van der Waals surface area contributed by atoms with Gasteiger partial charge < -0.3 is 5.32 Å². The summed E-state index contributed by atoms with van der Waals surface area (Å²) in [5.41, 5.74) is 0. The second-order valence-electron chi connectivity index (χ2n) is 5.06. The molecule has 1 heterocycles. The van der Waals surface area contributed by atoms with Gasteiger partial charge in [0.15, 0.2) is 9.84 Å². The number of hydrogen-bond donors (Lipinski definition) is 1. The number of hydrogen-bond acceptors (Lipinski definition) is 3. The van der Waals surface area contributed by atoms with Gasteiger partial charge in [-0.25, -0.2) is 8.42 Å². The molecule has 3 nitrogen and oxygen atoms in total. The van der Waals surface area contributed by atoms with E-state index in [9.17, 15) is 8.42 Å². The highest BCUT2D eigenvalue weighted by molar-refractivity contribution is 7.92. The molecule has 0 saturated carbocycles. The fraction of sp³-hybridized carbons (Fsp3) is 1.00. The molecule has 1 fully saturated rings. The van der Waals surface area contributed by atoms with Gasteiger partial charge in [-0.15, -0.1) is 0 Å². The lowest BCUT2D eigenvalue weighted by Gasteiger charge is -2.30. The molecule has 1 aliphatic heterocycles. The van der Waals surface area contributed by atoms with Crippen LogP contribution in [0.2, 0.25) is 0 Å². The van der Waals surface area contributed by atoms with E-state index in [0.29, 0.717) is 5.75 Å². The van der Waals surface area contributed by atoms with Crippen LogP contribution in [0.15, 0.2) is 0 Å². The van der Waals surface area contributed by atoms with E-state index in [-0.39, 0.29) is 11.3 Å². The number of sulfone groups is 1. The zero-order chi connectivity index (χ0) is 12.7. The highest BCUT2D eigenvalue weighted by atomic mass is 32.2. The van der Waals surface area contributed by atoms with Crippen molar-refractivity contribution in [2.45, 2.75) is 70.1 Å². The molecule has 102 valence electrons. The van der Waals surface area contributed by atoms with E-state index in [2.05, 4.69) is 19.2 Å². The molecule has 1 aliphatic rings. The van der Waals surface area contributed by atoms with Gasteiger partial charge in [-0.1, -0.05) is 39.5 Å². The Labute approximate surface area is 106 Å². The minimum Gasteiger partial charge on any atom is -0.313 e. The zero-order valence-corrected chi connectivity index (χ0v) is 12.1. The van der Waals surface area contributed by atoms with Crippen molar-refractivity contribution < 1.29 is 8.42 Å². The van der Waals surface area contributed by atoms with Crippen LogP contribution < -0.4 is 5.32 Å². The van der Waals surface area contributed by atoms with Crippen molar-refractivity contribution in [1.82, 2.24) is 5.32 Å². The van der Waals surface area contributed by atoms with Crippen LogP contribution in [0.1, 0.15) is 58.8 Å². The van der Waals surface area contributed by atoms with Crippen LogP contribution in [-0.2, 0) is 9.84 Å². The van der Waals surface area contributed by atoms with E-state index in [4.69, 9.17) is 0 Å². The van der Waals surface area contributed by atoms with E-state index >= 15 is 0 Å². The molecule has 2 atom stereocenters. The largest absolute Gasteiger partial charge is 0.313 e. The van der Waals surface area contributed by atoms with Gasteiger partial charge in [0, 0.05) is 6.04 Å². The van der Waals surface area contributed by atoms with Crippen LogP contribution >= 0.6 is 0 Å². The van der Waals surface area contributed by atoms with E-state index in [1.54, 1.807) is 0 Å². The van der Waals surface area contributed by atoms with Crippen molar-refractivity contribution >= 4 is 9.84 Å². The first-order chi connectivity index (χ1) is 8.11. The maximum Gasteiger partial charge on any atom is 0.154 e. The minimum atomic E-state index is -2.84. The van der Waals surface area contributed by atoms with Crippen LogP contribution in [0.25, 0.3) is 0 Å². The maximum atomic E-state index is 12.1. The van der Waals surface area contributed by atoms with Gasteiger partial charge in [-0.05, 0) is 25.8 Å². The van der Waals surface area contributed by atoms with Gasteiger partial charge >= 0.3 is 0 Å². The summed E-state index contributed by atoms with van der Waals surface area (Å²) in [5.74, 6) is 0.396. The molecule has 0 amide bonds. The minimum absolute atomic E-state index is 0.131. The average Bonchev–Trinajstić information content (AvgIpc) is 2.28. The molecule has 17 heavy (non-hydrogen) atoms. The monoisotopic (exact) mass is 261 g/mol. The number of unbranched alkanes of at least 4 members (excludes halogenated alkanes) is 2. The van der Waals surface area contributed by atoms with Crippen LogP contribution in [0.3, 0.4) is 0 Å². The molecule has 2 unspecified atom stereocenters. The molecule has 0 aromatic rings. The molecule has 0 radical (unpaired) electrons. The molecule has 1 N–H and O–H groups in total. The fourth-order valence-electron chi connectivity index (χ4n) is 2.73. The Balaban J connectivity index is 2.60. The lowest BCUT2D eigenvalue weighted by atomic mass is 10.0. The summed E-state index contributed by atoms with van der Waals surface area (Å²) in [6, 6.07) is 0.178. The predicted molar refractivity (Wildman–Crippen MR) is 73.0 cm³/mol. The Hall–Kier alpha value is -0.0900. The molecule has 0 spiro atoms. The molecule has 0 aromatic carbocycles. The lowest BCUT2D eigenvalue weighted by Crippen LogP contribution is -2.46. The van der Waals surface area contributed by atoms with E-state index < -0.39 is 9.84 Å². The number of rotatable bonds is 7. The van der Waals surface area contributed by atoms with Crippen LogP contribution in [0.5, 0.6) is 0 Å². The molecular formula is C13H27NO2S. The third kappa shape index (κ3) is 4.59. The van der Waals surface area contributed by atoms with Gasteiger partial charge in [-0.2, -0.15) is 0 Å². The topological polar surface area (TPSA) is 46.2 Å². The summed E-state index contributed by atoms with van der Waals surface area (Å²) in [4.78, 5) is 0. The average molecular weight is 261 g/mol. The SMILES string of the molecule is CCCCCC(NCC)C1CCCCS1(=O)=O. The van der Waals surface area contributed by atoms with Crippen molar-refractivity contribution in [2.24, 2.45) is 0 Å². The van der Waals surface area contributed by atoms with Gasteiger partial charge in [0.05, 0.1) is 11.0 Å². The molecule has 1 rings (SSSR count). The Kier molecular flexibility index (Phi) is 6.49. The third-order valence-electron chi connectivity index (χ3n) is 3.66. The third-order valence-corrected chi connectivity index (χ3v) is 6.01. The normalized spacial score (nSPS) is 25.6. The summed E-state index contributed by atoms with van der Waals surface area (Å²) in [6.45, 7) is 5.10. The van der Waals surface area contributed by atoms with Crippen molar-refractivity contribution in [3.05, 3.63) is 0 Å². The highest BCUT2D eigenvalue weighted by Gasteiger charge is 2.34. The Bertz CT molecular complexity index is 301. The van der Waals surface area contributed by atoms with Crippen molar-refractivity contribution in [2.75, 3.05) is 12.3 Å². The summed E-state index contributed by atoms with van der Waals surface area (Å²) < 4.78 is 24.2. The molecular weight excluding hydrogens is 234 g/mol. The summed E-state index contributed by atoms with van der Waals surface area (Å²) in [6.07, 6.45) is 7.31. The number of nitrogens with one attached hydrogen (secondary N) is 1. The molecule has 0 aliphatic carbocycles. The van der Waals surface area contributed by atoms with Crippen LogP contribution in [0, 0.1) is 0 Å². The molecule has 0 aromatic heterocycles. The van der Waals surface area contributed by atoms with E-state index in [1.807, 2.05) is 0 Å². The zero-order valence-electron chi connectivity index (χ0n) is 11.2. The van der Waals surface area contributed by atoms with Gasteiger partial charge in [0.1, 0.15) is 0 Å². The lowest BCUT2D eigenvalue weighted by molar-refractivity contribution is 0.411. The van der Waals surface area contributed by atoms with Crippen molar-refractivity contribution in [3.63, 3.8) is 0 Å². The summed E-state index contributed by atoms with van der Waals surface area (Å²) in [5, 5.41) is 3.26. The highest BCUT2D eigenvalue weighted by Crippen LogP contribution is 2.24. The second kappa shape index (κ2) is 7.37. The Morgan fingerprint density at radius 3 is 2.59 bits per heavy atom. The molecule has 1 saturated heterocycles. The van der Waals surface area contributed by atoms with E-state index in [1.165, 1.54) is 12.8 Å². The van der Waals surface area contributed by atoms with Gasteiger partial charge in [0.2, 0.25) is 0 Å². The maximum absolute atomic E-state index is 12.1. The van der Waals surface area contributed by atoms with Crippen LogP contribution in [-0.4, -0.2) is 32.0 Å². The van der Waals surface area contributed by atoms with Gasteiger partial charge in [-0.3, -0.25) is 0 Å². The Morgan fingerprint density at radius 1 is 1.24 bits per heavy atom. The van der Waals surface area contributed by atoms with Crippen molar-refractivity contribution in [3.8, 4) is 0 Å². The molecule has 0 bridgehead atoms. The van der Waals surface area contributed by atoms with Crippen molar-refractivity contribution in [1.29, 1.82) is 0 Å².